The second-order valence-electron chi connectivity index (χ2n) is 4.11. The molecule has 0 atom stereocenters. The van der Waals surface area contributed by atoms with Gasteiger partial charge in [0.2, 0.25) is 0 Å². The van der Waals surface area contributed by atoms with Crippen molar-refractivity contribution in [2.24, 2.45) is 5.92 Å². The van der Waals surface area contributed by atoms with Crippen LogP contribution >= 0.6 is 0 Å². The van der Waals surface area contributed by atoms with Crippen LogP contribution in [0.3, 0.4) is 0 Å². The third kappa shape index (κ3) is 2.48. The predicted molar refractivity (Wildman–Crippen MR) is 59.2 cm³/mol. The molecule has 2 rings (SSSR count). The Labute approximate surface area is 94.4 Å². The molecule has 3 heteroatoms. The van der Waals surface area contributed by atoms with Crippen LogP contribution in [-0.2, 0) is 16.0 Å². The quantitative estimate of drug-likeness (QED) is 0.726. The fourth-order valence-electron chi connectivity index (χ4n) is 1.63. The Balaban J connectivity index is 2.01. The lowest BCUT2D eigenvalue weighted by atomic mass is 10.0. The molecule has 0 aromatic heterocycles. The summed E-state index contributed by atoms with van der Waals surface area (Å²) in [5, 5.41) is 0. The van der Waals surface area contributed by atoms with Crippen LogP contribution in [0.5, 0.6) is 0 Å². The first-order valence-electron chi connectivity index (χ1n) is 5.40. The van der Waals surface area contributed by atoms with E-state index in [1.165, 1.54) is 7.11 Å². The summed E-state index contributed by atoms with van der Waals surface area (Å²) >= 11 is 0. The molecule has 0 amide bonds. The average molecular weight is 218 g/mol. The summed E-state index contributed by atoms with van der Waals surface area (Å²) in [6, 6.07) is 7.02. The van der Waals surface area contributed by atoms with Crippen LogP contribution in [0, 0.1) is 5.92 Å². The van der Waals surface area contributed by atoms with E-state index in [4.69, 9.17) is 0 Å². The maximum Gasteiger partial charge on any atom is 0.337 e. The van der Waals surface area contributed by atoms with E-state index < -0.39 is 0 Å². The minimum atomic E-state index is -0.347. The van der Waals surface area contributed by atoms with Gasteiger partial charge in [-0.3, -0.25) is 4.79 Å². The van der Waals surface area contributed by atoms with Crippen LogP contribution in [0.1, 0.15) is 28.8 Å². The van der Waals surface area contributed by atoms with Crippen molar-refractivity contribution >= 4 is 11.8 Å². The van der Waals surface area contributed by atoms with E-state index in [9.17, 15) is 9.59 Å². The van der Waals surface area contributed by atoms with Gasteiger partial charge < -0.3 is 4.74 Å². The van der Waals surface area contributed by atoms with Crippen molar-refractivity contribution in [1.82, 2.24) is 0 Å². The van der Waals surface area contributed by atoms with E-state index in [0.29, 0.717) is 23.7 Å². The second kappa shape index (κ2) is 4.47. The highest BCUT2D eigenvalue weighted by Crippen LogP contribution is 2.30. The van der Waals surface area contributed by atoms with E-state index in [-0.39, 0.29) is 5.97 Å². The monoisotopic (exact) mass is 218 g/mol. The molecule has 0 aliphatic heterocycles. The Kier molecular flexibility index (Phi) is 3.04. The largest absolute Gasteiger partial charge is 0.465 e. The molecule has 84 valence electrons. The van der Waals surface area contributed by atoms with Gasteiger partial charge in [0.1, 0.15) is 5.78 Å². The number of esters is 1. The molecule has 0 heterocycles. The topological polar surface area (TPSA) is 43.4 Å². The van der Waals surface area contributed by atoms with E-state index in [2.05, 4.69) is 4.74 Å². The Bertz CT molecular complexity index is 402. The standard InChI is InChI=1S/C13H14O3/c1-16-13(15)11-4-2-9(3-5-11)8-12(14)10-6-7-10/h2-5,10H,6-8H2,1H3. The van der Waals surface area contributed by atoms with Gasteiger partial charge in [-0.15, -0.1) is 0 Å². The number of benzene rings is 1. The molecule has 3 nitrogen and oxygen atoms in total. The van der Waals surface area contributed by atoms with Crippen molar-refractivity contribution in [3.05, 3.63) is 35.4 Å². The lowest BCUT2D eigenvalue weighted by Crippen LogP contribution is -2.05. The number of rotatable bonds is 4. The van der Waals surface area contributed by atoms with E-state index in [0.717, 1.165) is 18.4 Å². The van der Waals surface area contributed by atoms with E-state index in [1.807, 2.05) is 12.1 Å². The highest BCUT2D eigenvalue weighted by Gasteiger charge is 2.28. The minimum absolute atomic E-state index is 0.292. The van der Waals surface area contributed by atoms with Crippen molar-refractivity contribution in [2.75, 3.05) is 7.11 Å². The zero-order valence-corrected chi connectivity index (χ0v) is 9.23. The maximum absolute atomic E-state index is 11.6. The van der Waals surface area contributed by atoms with Gasteiger partial charge in [0.25, 0.3) is 0 Å². The molecule has 16 heavy (non-hydrogen) atoms. The zero-order chi connectivity index (χ0) is 11.5. The van der Waals surface area contributed by atoms with Crippen molar-refractivity contribution in [3.63, 3.8) is 0 Å². The first kappa shape index (κ1) is 10.9. The number of hydrogen-bond donors (Lipinski definition) is 0. The van der Waals surface area contributed by atoms with Crippen LogP contribution in [0.4, 0.5) is 0 Å². The van der Waals surface area contributed by atoms with Gasteiger partial charge in [-0.2, -0.15) is 0 Å². The van der Waals surface area contributed by atoms with Crippen molar-refractivity contribution in [3.8, 4) is 0 Å². The number of carbonyl (C=O) groups is 2. The van der Waals surface area contributed by atoms with Crippen molar-refractivity contribution in [2.45, 2.75) is 19.3 Å². The van der Waals surface area contributed by atoms with E-state index >= 15 is 0 Å². The number of hydrogen-bond acceptors (Lipinski definition) is 3. The van der Waals surface area contributed by atoms with Crippen molar-refractivity contribution in [1.29, 1.82) is 0 Å². The van der Waals surface area contributed by atoms with Gasteiger partial charge in [0.05, 0.1) is 12.7 Å². The van der Waals surface area contributed by atoms with Gasteiger partial charge in [-0.05, 0) is 30.5 Å². The molecule has 0 saturated heterocycles. The summed E-state index contributed by atoms with van der Waals surface area (Å²) < 4.78 is 4.60. The molecule has 0 unspecified atom stereocenters. The van der Waals surface area contributed by atoms with Crippen LogP contribution in [-0.4, -0.2) is 18.9 Å². The van der Waals surface area contributed by atoms with Gasteiger partial charge >= 0.3 is 5.97 Å². The third-order valence-electron chi connectivity index (χ3n) is 2.79. The number of ketones is 1. The highest BCUT2D eigenvalue weighted by atomic mass is 16.5. The van der Waals surface area contributed by atoms with Crippen LogP contribution in [0.2, 0.25) is 0 Å². The fraction of sp³-hybridized carbons (Fsp3) is 0.385. The van der Waals surface area contributed by atoms with Gasteiger partial charge in [-0.1, -0.05) is 12.1 Å². The summed E-state index contributed by atoms with van der Waals surface area (Å²) in [5.41, 5.74) is 1.48. The SMILES string of the molecule is COC(=O)c1ccc(CC(=O)C2CC2)cc1. The Morgan fingerprint density at radius 3 is 2.38 bits per heavy atom. The number of ether oxygens (including phenoxy) is 1. The minimum Gasteiger partial charge on any atom is -0.465 e. The molecule has 0 spiro atoms. The Morgan fingerprint density at radius 1 is 1.25 bits per heavy atom. The van der Waals surface area contributed by atoms with Crippen LogP contribution in [0.25, 0.3) is 0 Å². The summed E-state index contributed by atoms with van der Waals surface area (Å²) in [6.45, 7) is 0. The molecule has 1 aromatic rings. The number of methoxy groups -OCH3 is 1. The zero-order valence-electron chi connectivity index (χ0n) is 9.23. The predicted octanol–water partition coefficient (Wildman–Crippen LogP) is 1.99. The molecule has 1 saturated carbocycles. The van der Waals surface area contributed by atoms with Gasteiger partial charge in [-0.25, -0.2) is 4.79 Å². The molecular formula is C13H14O3. The van der Waals surface area contributed by atoms with E-state index in [1.54, 1.807) is 12.1 Å². The molecule has 0 bridgehead atoms. The summed E-state index contributed by atoms with van der Waals surface area (Å²) in [6.07, 6.45) is 2.56. The fourth-order valence-corrected chi connectivity index (χ4v) is 1.63. The molecular weight excluding hydrogens is 204 g/mol. The molecule has 0 N–H and O–H groups in total. The number of Topliss-reactive ketones (excluding diaryl/α,β-unsaturated/α-hetero) is 1. The third-order valence-corrected chi connectivity index (χ3v) is 2.79. The summed E-state index contributed by atoms with van der Waals surface area (Å²) in [5.74, 6) is 0.256. The molecule has 0 radical (unpaired) electrons. The Hall–Kier alpha value is -1.64. The van der Waals surface area contributed by atoms with Crippen LogP contribution < -0.4 is 0 Å². The summed E-state index contributed by atoms with van der Waals surface area (Å²) in [7, 11) is 1.35. The van der Waals surface area contributed by atoms with Crippen molar-refractivity contribution < 1.29 is 14.3 Å². The molecule has 1 fully saturated rings. The molecule has 1 aliphatic rings. The second-order valence-corrected chi connectivity index (χ2v) is 4.11. The lowest BCUT2D eigenvalue weighted by molar-refractivity contribution is -0.119. The molecule has 1 aliphatic carbocycles. The first-order chi connectivity index (χ1) is 7.70. The smallest absolute Gasteiger partial charge is 0.337 e. The van der Waals surface area contributed by atoms with Crippen LogP contribution in [0.15, 0.2) is 24.3 Å². The average Bonchev–Trinajstić information content (AvgIpc) is 3.13. The Morgan fingerprint density at radius 2 is 1.88 bits per heavy atom. The lowest BCUT2D eigenvalue weighted by Gasteiger charge is -2.02. The molecule has 1 aromatic carbocycles. The first-order valence-corrected chi connectivity index (χ1v) is 5.40. The van der Waals surface area contributed by atoms with Gasteiger partial charge in [0.15, 0.2) is 0 Å². The maximum atomic E-state index is 11.6. The number of carbonyl (C=O) groups excluding carboxylic acids is 2. The highest BCUT2D eigenvalue weighted by molar-refractivity contribution is 5.89. The normalized spacial score (nSPS) is 14.6. The van der Waals surface area contributed by atoms with Gasteiger partial charge in [0, 0.05) is 12.3 Å². The summed E-state index contributed by atoms with van der Waals surface area (Å²) in [4.78, 5) is 22.7.